The van der Waals surface area contributed by atoms with Crippen molar-refractivity contribution in [2.24, 2.45) is 11.8 Å². The van der Waals surface area contributed by atoms with Crippen LogP contribution in [0.5, 0.6) is 0 Å². The molecule has 0 aliphatic rings. The number of ether oxygens (including phenoxy) is 4. The van der Waals surface area contributed by atoms with Gasteiger partial charge in [0, 0.05) is 25.7 Å². The molecule has 0 amide bonds. The summed E-state index contributed by atoms with van der Waals surface area (Å²) in [6.07, 6.45) is 58.0. The highest BCUT2D eigenvalue weighted by atomic mass is 31.2. The molecule has 3 N–H and O–H groups in total. The molecule has 0 radical (unpaired) electrons. The summed E-state index contributed by atoms with van der Waals surface area (Å²) >= 11 is 0. The Morgan fingerprint density at radius 1 is 0.289 bits per heavy atom. The first-order valence-corrected chi connectivity index (χ1v) is 43.6. The van der Waals surface area contributed by atoms with Crippen LogP contribution < -0.4 is 0 Å². The molecule has 0 aliphatic carbocycles. The van der Waals surface area contributed by atoms with Crippen molar-refractivity contribution in [2.75, 3.05) is 39.6 Å². The summed E-state index contributed by atoms with van der Waals surface area (Å²) in [6, 6.07) is 0. The number of carbonyl (C=O) groups excluding carboxylic acids is 4. The molecule has 0 fully saturated rings. The zero-order valence-electron chi connectivity index (χ0n) is 63.4. The van der Waals surface area contributed by atoms with Gasteiger partial charge >= 0.3 is 39.5 Å². The van der Waals surface area contributed by atoms with Crippen LogP contribution >= 0.6 is 15.6 Å². The number of hydrogen-bond donors (Lipinski definition) is 3. The first kappa shape index (κ1) is 95.1. The molecule has 0 aromatic rings. The number of aliphatic hydroxyl groups is 1. The highest BCUT2D eigenvalue weighted by Crippen LogP contribution is 2.45. The third kappa shape index (κ3) is 69.5. The Kier molecular flexibility index (Phi) is 68.4. The van der Waals surface area contributed by atoms with Crippen molar-refractivity contribution in [1.82, 2.24) is 0 Å². The van der Waals surface area contributed by atoms with E-state index in [1.807, 2.05) is 0 Å². The van der Waals surface area contributed by atoms with Gasteiger partial charge in [0.1, 0.15) is 19.3 Å². The second-order valence-electron chi connectivity index (χ2n) is 28.6. The predicted octanol–water partition coefficient (Wildman–Crippen LogP) is 23.1. The smallest absolute Gasteiger partial charge is 0.462 e. The van der Waals surface area contributed by atoms with Gasteiger partial charge in [0.2, 0.25) is 0 Å². The number of phosphoric acid groups is 2. The Hall–Kier alpha value is -1.94. The second-order valence-corrected chi connectivity index (χ2v) is 31.5. The van der Waals surface area contributed by atoms with Gasteiger partial charge in [-0.05, 0) is 37.5 Å². The van der Waals surface area contributed by atoms with Gasteiger partial charge in [-0.25, -0.2) is 9.13 Å². The summed E-state index contributed by atoms with van der Waals surface area (Å²) < 4.78 is 68.6. The Balaban J connectivity index is 5.22. The Bertz CT molecular complexity index is 1880. The van der Waals surface area contributed by atoms with Crippen LogP contribution in [0.1, 0.15) is 408 Å². The van der Waals surface area contributed by atoms with E-state index in [2.05, 4.69) is 41.5 Å². The lowest BCUT2D eigenvalue weighted by atomic mass is 9.99. The van der Waals surface area contributed by atoms with Crippen LogP contribution in [-0.4, -0.2) is 96.7 Å². The largest absolute Gasteiger partial charge is 0.472 e. The zero-order valence-corrected chi connectivity index (χ0v) is 65.2. The maximum atomic E-state index is 13.1. The number of aliphatic hydroxyl groups excluding tert-OH is 1. The summed E-state index contributed by atoms with van der Waals surface area (Å²) in [7, 11) is -9.91. The molecule has 19 heteroatoms. The molecule has 576 valence electrons. The van der Waals surface area contributed by atoms with E-state index in [0.29, 0.717) is 25.7 Å². The molecule has 0 saturated heterocycles. The summed E-state index contributed by atoms with van der Waals surface area (Å²) in [6.45, 7) is 9.71. The van der Waals surface area contributed by atoms with Gasteiger partial charge < -0.3 is 33.8 Å². The van der Waals surface area contributed by atoms with Gasteiger partial charge in [0.25, 0.3) is 0 Å². The molecular formula is C78H152O17P2. The van der Waals surface area contributed by atoms with E-state index in [1.54, 1.807) is 0 Å². The average Bonchev–Trinajstić information content (AvgIpc) is 1.25. The Morgan fingerprint density at radius 3 is 0.732 bits per heavy atom. The van der Waals surface area contributed by atoms with Crippen molar-refractivity contribution in [1.29, 1.82) is 0 Å². The highest BCUT2D eigenvalue weighted by molar-refractivity contribution is 7.47. The molecular weight excluding hydrogens is 1270 g/mol. The van der Waals surface area contributed by atoms with Crippen LogP contribution in [0.4, 0.5) is 0 Å². The van der Waals surface area contributed by atoms with Crippen LogP contribution in [0.3, 0.4) is 0 Å². The standard InChI is InChI=1S/C78H152O17P2/c1-7-11-13-15-17-19-20-31-38-44-50-56-62-77(82)94-73(66-88-75(80)60-54-48-42-34-18-16-14-12-8-2)68-92-96(84,85)90-64-72(79)65-91-97(86,87)93-69-74(95-78(83)63-57-51-45-39-33-28-24-22-26-30-36-41-47-53-59-71(6)10-4)67-89-76(81)61-55-49-43-37-32-27-23-21-25-29-35-40-46-52-58-70(5)9-3/h70-74,79H,7-69H2,1-6H3,(H,84,85)(H,86,87)/t70?,71?,72-,73+,74+/m0/s1. The maximum Gasteiger partial charge on any atom is 0.472 e. The second kappa shape index (κ2) is 69.8. The van der Waals surface area contributed by atoms with Gasteiger partial charge in [-0.15, -0.1) is 0 Å². The molecule has 97 heavy (non-hydrogen) atoms. The Morgan fingerprint density at radius 2 is 0.495 bits per heavy atom. The van der Waals surface area contributed by atoms with Crippen LogP contribution in [0.15, 0.2) is 0 Å². The van der Waals surface area contributed by atoms with Crippen LogP contribution in [0.25, 0.3) is 0 Å². The van der Waals surface area contributed by atoms with Crippen LogP contribution in [-0.2, 0) is 65.4 Å². The first-order valence-electron chi connectivity index (χ1n) is 40.6. The van der Waals surface area contributed by atoms with E-state index in [0.717, 1.165) is 102 Å². The van der Waals surface area contributed by atoms with Gasteiger partial charge in [-0.2, -0.15) is 0 Å². The lowest BCUT2D eigenvalue weighted by Crippen LogP contribution is -2.30. The topological polar surface area (TPSA) is 237 Å². The third-order valence-corrected chi connectivity index (χ3v) is 20.8. The first-order chi connectivity index (χ1) is 46.9. The number of carbonyl (C=O) groups is 4. The van der Waals surface area contributed by atoms with Crippen molar-refractivity contribution in [3.05, 3.63) is 0 Å². The fourth-order valence-corrected chi connectivity index (χ4v) is 13.5. The maximum absolute atomic E-state index is 13.1. The zero-order chi connectivity index (χ0) is 71.4. The molecule has 0 bridgehead atoms. The summed E-state index contributed by atoms with van der Waals surface area (Å²) in [5.41, 5.74) is 0. The molecule has 0 aromatic heterocycles. The van der Waals surface area contributed by atoms with Crippen molar-refractivity contribution >= 4 is 39.5 Å². The van der Waals surface area contributed by atoms with Gasteiger partial charge in [0.15, 0.2) is 12.2 Å². The quantitative estimate of drug-likeness (QED) is 0.0222. The number of phosphoric ester groups is 2. The van der Waals surface area contributed by atoms with E-state index in [1.165, 1.54) is 225 Å². The SMILES string of the molecule is CCCCCCCCCCCCCCC(=O)O[C@H](COC(=O)CCCCCCCCCCC)COP(=O)(O)OC[C@H](O)COP(=O)(O)OC[C@@H](COC(=O)CCCCCCCCCCCCCCCCC(C)CC)OC(=O)CCCCCCCCCCCCCCCCC(C)CC. The number of hydrogen-bond acceptors (Lipinski definition) is 15. The van der Waals surface area contributed by atoms with Crippen molar-refractivity contribution in [2.45, 2.75) is 426 Å². The molecule has 0 rings (SSSR count). The van der Waals surface area contributed by atoms with E-state index in [-0.39, 0.29) is 25.7 Å². The van der Waals surface area contributed by atoms with E-state index < -0.39 is 97.5 Å². The van der Waals surface area contributed by atoms with E-state index in [4.69, 9.17) is 37.0 Å². The normalized spacial score (nSPS) is 14.5. The van der Waals surface area contributed by atoms with Crippen molar-refractivity contribution in [3.8, 4) is 0 Å². The molecule has 0 saturated carbocycles. The van der Waals surface area contributed by atoms with Crippen molar-refractivity contribution < 1.29 is 80.2 Å². The van der Waals surface area contributed by atoms with Gasteiger partial charge in [-0.1, -0.05) is 356 Å². The van der Waals surface area contributed by atoms with E-state index in [9.17, 15) is 43.2 Å². The lowest BCUT2D eigenvalue weighted by molar-refractivity contribution is -0.161. The Labute approximate surface area is 594 Å². The molecule has 0 spiro atoms. The third-order valence-electron chi connectivity index (χ3n) is 18.9. The van der Waals surface area contributed by atoms with Gasteiger partial charge in [-0.3, -0.25) is 37.3 Å². The fourth-order valence-electron chi connectivity index (χ4n) is 11.9. The van der Waals surface area contributed by atoms with Gasteiger partial charge in [0.05, 0.1) is 26.4 Å². The van der Waals surface area contributed by atoms with E-state index >= 15 is 0 Å². The number of esters is 4. The van der Waals surface area contributed by atoms with Crippen LogP contribution in [0.2, 0.25) is 0 Å². The summed E-state index contributed by atoms with van der Waals surface area (Å²) in [5, 5.41) is 10.6. The molecule has 7 atom stereocenters. The number of unbranched alkanes of at least 4 members (excludes halogenated alkanes) is 45. The van der Waals surface area contributed by atoms with Crippen molar-refractivity contribution in [3.63, 3.8) is 0 Å². The molecule has 0 aromatic carbocycles. The van der Waals surface area contributed by atoms with Crippen LogP contribution in [0, 0.1) is 11.8 Å². The average molecular weight is 1420 g/mol. The predicted molar refractivity (Wildman–Crippen MR) is 395 cm³/mol. The minimum absolute atomic E-state index is 0.107. The molecule has 17 nitrogen and oxygen atoms in total. The minimum Gasteiger partial charge on any atom is -0.462 e. The number of rotatable bonds is 77. The fraction of sp³-hybridized carbons (Fsp3) is 0.949. The monoisotopic (exact) mass is 1420 g/mol. The highest BCUT2D eigenvalue weighted by Gasteiger charge is 2.30. The molecule has 0 aliphatic heterocycles. The molecule has 0 heterocycles. The summed E-state index contributed by atoms with van der Waals surface area (Å²) in [5.74, 6) is -0.417. The lowest BCUT2D eigenvalue weighted by Gasteiger charge is -2.21. The minimum atomic E-state index is -4.96. The summed E-state index contributed by atoms with van der Waals surface area (Å²) in [4.78, 5) is 72.8. The molecule has 4 unspecified atom stereocenters.